The Morgan fingerprint density at radius 2 is 1.73 bits per heavy atom. The zero-order valence-electron chi connectivity index (χ0n) is 17.3. The smallest absolute Gasteiger partial charge is 0.260 e. The van der Waals surface area contributed by atoms with Gasteiger partial charge in [-0.15, -0.1) is 0 Å². The maximum absolute atomic E-state index is 13.1. The maximum Gasteiger partial charge on any atom is 0.260 e. The van der Waals surface area contributed by atoms with Crippen LogP contribution in [-0.4, -0.2) is 15.6 Å². The monoisotopic (exact) mass is 404 g/mol. The molecule has 1 heterocycles. The van der Waals surface area contributed by atoms with Crippen LogP contribution in [0, 0.1) is 5.92 Å². The van der Waals surface area contributed by atoms with Crippen LogP contribution in [0.2, 0.25) is 0 Å². The number of aromatic nitrogens is 1. The Kier molecular flexibility index (Phi) is 6.00. The summed E-state index contributed by atoms with van der Waals surface area (Å²) < 4.78 is 1.44. The zero-order valence-corrected chi connectivity index (χ0v) is 17.3. The van der Waals surface area contributed by atoms with Crippen molar-refractivity contribution in [3.05, 3.63) is 76.7 Å². The number of benzene rings is 2. The molecule has 0 aliphatic heterocycles. The molecule has 0 spiro atoms. The molecule has 3 aromatic rings. The van der Waals surface area contributed by atoms with E-state index < -0.39 is 6.23 Å². The van der Waals surface area contributed by atoms with E-state index in [0.717, 1.165) is 31.2 Å². The van der Waals surface area contributed by atoms with Gasteiger partial charge in [-0.2, -0.15) is 0 Å². The van der Waals surface area contributed by atoms with Crippen molar-refractivity contribution >= 4 is 22.4 Å². The van der Waals surface area contributed by atoms with Crippen molar-refractivity contribution in [2.75, 3.05) is 5.32 Å². The molecule has 30 heavy (non-hydrogen) atoms. The Labute approximate surface area is 176 Å². The molecule has 2 unspecified atom stereocenters. The van der Waals surface area contributed by atoms with Crippen LogP contribution < -0.4 is 10.9 Å². The first-order valence-corrected chi connectivity index (χ1v) is 10.7. The SMILES string of the molecule is CC(C(=O)Nc1cccc2c(=O)n(C(O)C3CCCCC3)ccc12)c1ccccc1. The van der Waals surface area contributed by atoms with E-state index in [-0.39, 0.29) is 23.3 Å². The van der Waals surface area contributed by atoms with E-state index >= 15 is 0 Å². The Balaban J connectivity index is 1.62. The molecule has 1 fully saturated rings. The molecule has 0 saturated heterocycles. The van der Waals surface area contributed by atoms with Gasteiger partial charge in [0.25, 0.3) is 5.56 Å². The van der Waals surface area contributed by atoms with Crippen LogP contribution in [0.5, 0.6) is 0 Å². The lowest BCUT2D eigenvalue weighted by Crippen LogP contribution is -2.30. The highest BCUT2D eigenvalue weighted by Crippen LogP contribution is 2.31. The molecular weight excluding hydrogens is 376 g/mol. The summed E-state index contributed by atoms with van der Waals surface area (Å²) in [5, 5.41) is 14.9. The van der Waals surface area contributed by atoms with Crippen LogP contribution in [0.4, 0.5) is 5.69 Å². The van der Waals surface area contributed by atoms with Crippen LogP contribution in [0.25, 0.3) is 10.8 Å². The topological polar surface area (TPSA) is 71.3 Å². The molecule has 2 atom stereocenters. The van der Waals surface area contributed by atoms with E-state index in [0.29, 0.717) is 16.5 Å². The van der Waals surface area contributed by atoms with Crippen molar-refractivity contribution in [1.29, 1.82) is 0 Å². The summed E-state index contributed by atoms with van der Waals surface area (Å²) in [6, 6.07) is 16.7. The maximum atomic E-state index is 13.1. The lowest BCUT2D eigenvalue weighted by Gasteiger charge is -2.28. The van der Waals surface area contributed by atoms with Gasteiger partial charge in [0.2, 0.25) is 5.91 Å². The number of nitrogens with one attached hydrogen (secondary N) is 1. The van der Waals surface area contributed by atoms with Crippen LogP contribution in [0.1, 0.15) is 56.7 Å². The number of fused-ring (bicyclic) bond motifs is 1. The standard InChI is InChI=1S/C25H28N2O3/c1-17(18-9-4-2-5-10-18)23(28)26-22-14-8-13-21-20(22)15-16-27(25(21)30)24(29)19-11-6-3-7-12-19/h2,4-5,8-10,13-17,19,24,29H,3,6-7,11-12H2,1H3,(H,26,28). The van der Waals surface area contributed by atoms with Crippen LogP contribution >= 0.6 is 0 Å². The summed E-state index contributed by atoms with van der Waals surface area (Å²) in [5.41, 5.74) is 1.32. The highest BCUT2D eigenvalue weighted by molar-refractivity contribution is 6.03. The molecule has 1 saturated carbocycles. The molecule has 5 heteroatoms. The molecular formula is C25H28N2O3. The first kappa shape index (κ1) is 20.4. The third-order valence-corrected chi connectivity index (χ3v) is 6.28. The van der Waals surface area contributed by atoms with Crippen molar-refractivity contribution in [1.82, 2.24) is 4.57 Å². The van der Waals surface area contributed by atoms with Crippen LogP contribution in [0.3, 0.4) is 0 Å². The average molecular weight is 405 g/mol. The van der Waals surface area contributed by atoms with Crippen LogP contribution in [0.15, 0.2) is 65.6 Å². The Hall–Kier alpha value is -2.92. The predicted octanol–water partition coefficient (Wildman–Crippen LogP) is 4.81. The molecule has 156 valence electrons. The third kappa shape index (κ3) is 4.03. The summed E-state index contributed by atoms with van der Waals surface area (Å²) >= 11 is 0. The van der Waals surface area contributed by atoms with Gasteiger partial charge in [-0.1, -0.05) is 55.7 Å². The highest BCUT2D eigenvalue weighted by Gasteiger charge is 2.24. The first-order chi connectivity index (χ1) is 14.6. The number of carbonyl (C=O) groups excluding carboxylic acids is 1. The number of pyridine rings is 1. The lowest BCUT2D eigenvalue weighted by atomic mass is 9.88. The fourth-order valence-electron chi connectivity index (χ4n) is 4.40. The second-order valence-electron chi connectivity index (χ2n) is 8.23. The van der Waals surface area contributed by atoms with Gasteiger partial charge in [0.05, 0.1) is 5.92 Å². The van der Waals surface area contributed by atoms with E-state index in [4.69, 9.17) is 0 Å². The van der Waals surface area contributed by atoms with E-state index in [9.17, 15) is 14.7 Å². The normalized spacial score (nSPS) is 16.9. The van der Waals surface area contributed by atoms with Crippen molar-refractivity contribution in [3.63, 3.8) is 0 Å². The number of nitrogens with zero attached hydrogens (tertiary/aromatic N) is 1. The molecule has 2 aromatic carbocycles. The lowest BCUT2D eigenvalue weighted by molar-refractivity contribution is -0.117. The Morgan fingerprint density at radius 3 is 2.47 bits per heavy atom. The molecule has 1 amide bonds. The highest BCUT2D eigenvalue weighted by atomic mass is 16.3. The number of aliphatic hydroxyl groups is 1. The predicted molar refractivity (Wildman–Crippen MR) is 120 cm³/mol. The first-order valence-electron chi connectivity index (χ1n) is 10.7. The van der Waals surface area contributed by atoms with Crippen LogP contribution in [-0.2, 0) is 4.79 Å². The van der Waals surface area contributed by atoms with E-state index in [2.05, 4.69) is 5.32 Å². The molecule has 0 radical (unpaired) electrons. The number of aliphatic hydroxyl groups excluding tert-OH is 1. The summed E-state index contributed by atoms with van der Waals surface area (Å²) in [7, 11) is 0. The molecule has 2 N–H and O–H groups in total. The van der Waals surface area contributed by atoms with Gasteiger partial charge in [-0.3, -0.25) is 14.2 Å². The summed E-state index contributed by atoms with van der Waals surface area (Å²) in [4.78, 5) is 25.9. The van der Waals surface area contributed by atoms with Crippen molar-refractivity contribution in [2.24, 2.45) is 5.92 Å². The van der Waals surface area contributed by atoms with Crippen molar-refractivity contribution in [2.45, 2.75) is 51.2 Å². The fourth-order valence-corrected chi connectivity index (χ4v) is 4.40. The van der Waals surface area contributed by atoms with Gasteiger partial charge in [-0.05, 0) is 43.5 Å². The molecule has 1 aliphatic carbocycles. The fraction of sp³-hybridized carbons (Fsp3) is 0.360. The third-order valence-electron chi connectivity index (χ3n) is 6.28. The Bertz CT molecular complexity index is 1080. The van der Waals surface area contributed by atoms with Gasteiger partial charge in [0, 0.05) is 28.6 Å². The van der Waals surface area contributed by atoms with E-state index in [1.54, 1.807) is 24.4 Å². The number of amides is 1. The number of carbonyl (C=O) groups is 1. The van der Waals surface area contributed by atoms with E-state index in [1.807, 2.05) is 43.3 Å². The number of hydrogen-bond donors (Lipinski definition) is 2. The number of rotatable bonds is 5. The van der Waals surface area contributed by atoms with Crippen molar-refractivity contribution in [3.8, 4) is 0 Å². The minimum atomic E-state index is -0.807. The summed E-state index contributed by atoms with van der Waals surface area (Å²) in [5.74, 6) is -0.321. The van der Waals surface area contributed by atoms with Gasteiger partial charge in [-0.25, -0.2) is 0 Å². The Morgan fingerprint density at radius 1 is 1.00 bits per heavy atom. The molecule has 0 bridgehead atoms. The van der Waals surface area contributed by atoms with Gasteiger partial charge in [0.1, 0.15) is 6.23 Å². The van der Waals surface area contributed by atoms with Gasteiger partial charge < -0.3 is 10.4 Å². The zero-order chi connectivity index (χ0) is 21.1. The average Bonchev–Trinajstić information content (AvgIpc) is 2.80. The second-order valence-corrected chi connectivity index (χ2v) is 8.23. The molecule has 4 rings (SSSR count). The number of anilines is 1. The summed E-state index contributed by atoms with van der Waals surface area (Å²) in [6.45, 7) is 1.86. The molecule has 5 nitrogen and oxygen atoms in total. The quantitative estimate of drug-likeness (QED) is 0.641. The van der Waals surface area contributed by atoms with Gasteiger partial charge >= 0.3 is 0 Å². The number of hydrogen-bond acceptors (Lipinski definition) is 3. The van der Waals surface area contributed by atoms with Gasteiger partial charge in [0.15, 0.2) is 0 Å². The summed E-state index contributed by atoms with van der Waals surface area (Å²) in [6.07, 6.45) is 6.12. The largest absolute Gasteiger partial charge is 0.373 e. The molecule has 1 aliphatic rings. The van der Waals surface area contributed by atoms with Crippen molar-refractivity contribution < 1.29 is 9.90 Å². The minimum Gasteiger partial charge on any atom is -0.373 e. The molecule has 1 aromatic heterocycles. The van der Waals surface area contributed by atoms with E-state index in [1.165, 1.54) is 11.0 Å². The second kappa shape index (κ2) is 8.84. The minimum absolute atomic E-state index is 0.114.